The molecule has 0 amide bonds. The Morgan fingerprint density at radius 1 is 1.56 bits per heavy atom. The minimum atomic E-state index is -0.543. The number of thiol groups is 1. The molecule has 0 aliphatic heterocycles. The molecule has 0 heterocycles. The summed E-state index contributed by atoms with van der Waals surface area (Å²) in [6.07, 6.45) is 0.945. The molecule has 0 aliphatic carbocycles. The quantitative estimate of drug-likeness (QED) is 0.801. The maximum absolute atomic E-state index is 13.2. The van der Waals surface area contributed by atoms with Crippen LogP contribution in [0.3, 0.4) is 0 Å². The van der Waals surface area contributed by atoms with Crippen molar-refractivity contribution in [3.63, 3.8) is 0 Å². The van der Waals surface area contributed by atoms with Gasteiger partial charge in [-0.2, -0.15) is 17.9 Å². The monoisotopic (exact) mass is 239 g/mol. The fourth-order valence-corrected chi connectivity index (χ4v) is 1.60. The summed E-state index contributed by atoms with van der Waals surface area (Å²) in [5.41, 5.74) is -0.0310. The van der Waals surface area contributed by atoms with Crippen LogP contribution in [0.2, 0.25) is 0 Å². The van der Waals surface area contributed by atoms with E-state index in [9.17, 15) is 4.39 Å². The van der Waals surface area contributed by atoms with Gasteiger partial charge in [-0.1, -0.05) is 13.0 Å². The lowest BCUT2D eigenvalue weighted by Crippen LogP contribution is -2.13. The summed E-state index contributed by atoms with van der Waals surface area (Å²) in [4.78, 5) is 0. The SMILES string of the molecule is CCC(CS)COc1cccc(F)c1C#N. The Kier molecular flexibility index (Phi) is 5.13. The van der Waals surface area contributed by atoms with Gasteiger partial charge >= 0.3 is 0 Å². The second-order valence-electron chi connectivity index (χ2n) is 3.49. The number of nitriles is 1. The van der Waals surface area contributed by atoms with E-state index < -0.39 is 5.82 Å². The van der Waals surface area contributed by atoms with Crippen LogP contribution >= 0.6 is 12.6 Å². The smallest absolute Gasteiger partial charge is 0.144 e. The molecule has 0 bridgehead atoms. The topological polar surface area (TPSA) is 33.0 Å². The molecule has 1 rings (SSSR count). The van der Waals surface area contributed by atoms with Gasteiger partial charge < -0.3 is 4.74 Å². The van der Waals surface area contributed by atoms with E-state index in [4.69, 9.17) is 10.00 Å². The van der Waals surface area contributed by atoms with Gasteiger partial charge in [0.1, 0.15) is 23.2 Å². The summed E-state index contributed by atoms with van der Waals surface area (Å²) in [6, 6.07) is 6.19. The molecule has 0 aromatic heterocycles. The number of ether oxygens (including phenoxy) is 1. The van der Waals surface area contributed by atoms with Crippen LogP contribution in [0.1, 0.15) is 18.9 Å². The normalized spacial score (nSPS) is 11.9. The first-order valence-electron chi connectivity index (χ1n) is 5.15. The van der Waals surface area contributed by atoms with Crippen molar-refractivity contribution >= 4 is 12.6 Å². The Hall–Kier alpha value is -1.21. The summed E-state index contributed by atoms with van der Waals surface area (Å²) >= 11 is 4.19. The molecule has 16 heavy (non-hydrogen) atoms. The van der Waals surface area contributed by atoms with E-state index in [0.717, 1.165) is 6.42 Å². The first-order chi connectivity index (χ1) is 7.72. The number of nitrogens with zero attached hydrogens (tertiary/aromatic N) is 1. The largest absolute Gasteiger partial charge is 0.492 e. The first-order valence-corrected chi connectivity index (χ1v) is 5.78. The van der Waals surface area contributed by atoms with Crippen LogP contribution in [0.5, 0.6) is 5.75 Å². The highest BCUT2D eigenvalue weighted by molar-refractivity contribution is 7.80. The van der Waals surface area contributed by atoms with Crippen LogP contribution in [0, 0.1) is 23.1 Å². The van der Waals surface area contributed by atoms with Crippen molar-refractivity contribution in [2.45, 2.75) is 13.3 Å². The second-order valence-corrected chi connectivity index (χ2v) is 3.86. The van der Waals surface area contributed by atoms with Gasteiger partial charge in [0, 0.05) is 5.92 Å². The van der Waals surface area contributed by atoms with Crippen LogP contribution in [-0.4, -0.2) is 12.4 Å². The second kappa shape index (κ2) is 6.39. The Balaban J connectivity index is 2.74. The molecule has 0 spiro atoms. The molecule has 4 heteroatoms. The van der Waals surface area contributed by atoms with E-state index in [-0.39, 0.29) is 5.56 Å². The Bertz CT molecular complexity index is 385. The summed E-state index contributed by atoms with van der Waals surface area (Å²) in [7, 11) is 0. The molecule has 0 fully saturated rings. The lowest BCUT2D eigenvalue weighted by molar-refractivity contribution is 0.258. The minimum Gasteiger partial charge on any atom is -0.492 e. The van der Waals surface area contributed by atoms with Crippen molar-refractivity contribution in [3.05, 3.63) is 29.6 Å². The van der Waals surface area contributed by atoms with Crippen LogP contribution < -0.4 is 4.74 Å². The number of hydrogen-bond acceptors (Lipinski definition) is 3. The zero-order valence-electron chi connectivity index (χ0n) is 9.11. The molecule has 0 saturated carbocycles. The van der Waals surface area contributed by atoms with E-state index in [1.165, 1.54) is 12.1 Å². The van der Waals surface area contributed by atoms with Gasteiger partial charge in [0.05, 0.1) is 6.61 Å². The van der Waals surface area contributed by atoms with E-state index in [1.54, 1.807) is 12.1 Å². The van der Waals surface area contributed by atoms with Gasteiger partial charge in [-0.3, -0.25) is 0 Å². The Labute approximate surface area is 100 Å². The number of halogens is 1. The van der Waals surface area contributed by atoms with Crippen LogP contribution in [0.4, 0.5) is 4.39 Å². The summed E-state index contributed by atoms with van der Waals surface area (Å²) in [5, 5.41) is 8.79. The van der Waals surface area contributed by atoms with Gasteiger partial charge in [0.2, 0.25) is 0 Å². The van der Waals surface area contributed by atoms with E-state index in [1.807, 2.05) is 6.92 Å². The highest BCUT2D eigenvalue weighted by atomic mass is 32.1. The molecule has 2 nitrogen and oxygen atoms in total. The van der Waals surface area contributed by atoms with E-state index in [0.29, 0.717) is 24.0 Å². The summed E-state index contributed by atoms with van der Waals surface area (Å²) in [5.74, 6) is 0.799. The average molecular weight is 239 g/mol. The molecule has 86 valence electrons. The van der Waals surface area contributed by atoms with Gasteiger partial charge in [-0.05, 0) is 24.3 Å². The molecule has 1 atom stereocenters. The van der Waals surface area contributed by atoms with Crippen LogP contribution in [-0.2, 0) is 0 Å². The van der Waals surface area contributed by atoms with Crippen molar-refractivity contribution in [2.24, 2.45) is 5.92 Å². The molecule has 1 unspecified atom stereocenters. The molecule has 0 N–H and O–H groups in total. The lowest BCUT2D eigenvalue weighted by atomic mass is 10.1. The average Bonchev–Trinajstić information content (AvgIpc) is 2.30. The van der Waals surface area contributed by atoms with Crippen molar-refractivity contribution < 1.29 is 9.13 Å². The lowest BCUT2D eigenvalue weighted by Gasteiger charge is -2.14. The van der Waals surface area contributed by atoms with Gasteiger partial charge in [-0.15, -0.1) is 0 Å². The predicted molar refractivity (Wildman–Crippen MR) is 64.2 cm³/mol. The third-order valence-electron chi connectivity index (χ3n) is 2.40. The molecular weight excluding hydrogens is 225 g/mol. The van der Waals surface area contributed by atoms with E-state index >= 15 is 0 Å². The maximum Gasteiger partial charge on any atom is 0.144 e. The summed E-state index contributed by atoms with van der Waals surface area (Å²) in [6.45, 7) is 2.50. The Morgan fingerprint density at radius 3 is 2.88 bits per heavy atom. The predicted octanol–water partition coefficient (Wildman–Crippen LogP) is 3.03. The number of benzene rings is 1. The number of rotatable bonds is 5. The zero-order chi connectivity index (χ0) is 12.0. The van der Waals surface area contributed by atoms with Crippen molar-refractivity contribution in [2.75, 3.05) is 12.4 Å². The Morgan fingerprint density at radius 2 is 2.31 bits per heavy atom. The number of hydrogen-bond donors (Lipinski definition) is 1. The van der Waals surface area contributed by atoms with Crippen molar-refractivity contribution in [1.82, 2.24) is 0 Å². The highest BCUT2D eigenvalue weighted by Crippen LogP contribution is 2.21. The maximum atomic E-state index is 13.2. The molecule has 0 aliphatic rings. The molecular formula is C12H14FNOS. The van der Waals surface area contributed by atoms with Gasteiger partial charge in [0.15, 0.2) is 0 Å². The molecule has 0 saturated heterocycles. The van der Waals surface area contributed by atoms with Crippen LogP contribution in [0.25, 0.3) is 0 Å². The summed E-state index contributed by atoms with van der Waals surface area (Å²) < 4.78 is 18.7. The van der Waals surface area contributed by atoms with Gasteiger partial charge in [-0.25, -0.2) is 4.39 Å². The highest BCUT2D eigenvalue weighted by Gasteiger charge is 2.11. The molecule has 0 radical (unpaired) electrons. The fraction of sp³-hybridized carbons (Fsp3) is 0.417. The molecule has 1 aromatic rings. The van der Waals surface area contributed by atoms with E-state index in [2.05, 4.69) is 12.6 Å². The van der Waals surface area contributed by atoms with Gasteiger partial charge in [0.25, 0.3) is 0 Å². The minimum absolute atomic E-state index is 0.0310. The van der Waals surface area contributed by atoms with Crippen molar-refractivity contribution in [1.29, 1.82) is 5.26 Å². The van der Waals surface area contributed by atoms with Crippen LogP contribution in [0.15, 0.2) is 18.2 Å². The third-order valence-corrected chi connectivity index (χ3v) is 2.91. The standard InChI is InChI=1S/C12H14FNOS/c1-2-9(8-16)7-15-12-5-3-4-11(13)10(12)6-14/h3-5,9,16H,2,7-8H2,1H3. The first kappa shape index (κ1) is 12.9. The fourth-order valence-electron chi connectivity index (χ4n) is 1.24. The van der Waals surface area contributed by atoms with Crippen molar-refractivity contribution in [3.8, 4) is 11.8 Å². The zero-order valence-corrected chi connectivity index (χ0v) is 10.0. The molecule has 1 aromatic carbocycles. The third kappa shape index (κ3) is 3.14.